The van der Waals surface area contributed by atoms with Gasteiger partial charge in [0.2, 0.25) is 0 Å². The van der Waals surface area contributed by atoms with E-state index in [0.29, 0.717) is 15.1 Å². The Morgan fingerprint density at radius 3 is 2.71 bits per heavy atom. The van der Waals surface area contributed by atoms with Crippen LogP contribution in [-0.4, -0.2) is 13.1 Å². The maximum Gasteiger partial charge on any atom is 0.333 e. The van der Waals surface area contributed by atoms with Crippen LogP contribution in [0.1, 0.15) is 11.6 Å². The Hall–Kier alpha value is -1.59. The highest BCUT2D eigenvalue weighted by molar-refractivity contribution is 9.10. The first-order valence-corrected chi connectivity index (χ1v) is 7.24. The van der Waals surface area contributed by atoms with E-state index < -0.39 is 17.8 Å². The number of para-hydroxylation sites is 1. The molecule has 0 aliphatic rings. The van der Waals surface area contributed by atoms with E-state index in [2.05, 4.69) is 21.2 Å². The zero-order valence-corrected chi connectivity index (χ0v) is 13.4. The minimum atomic E-state index is -0.875. The predicted octanol–water partition coefficient (Wildman–Crippen LogP) is 4.57. The van der Waals surface area contributed by atoms with Crippen LogP contribution in [0.2, 0.25) is 5.02 Å². The molecule has 0 aliphatic heterocycles. The number of nitrogens with one attached hydrogen (secondary N) is 1. The molecule has 1 N–H and O–H groups in total. The van der Waals surface area contributed by atoms with Crippen LogP contribution >= 0.6 is 27.5 Å². The number of carbonyl (C=O) groups excluding carboxylic acids is 1. The highest BCUT2D eigenvalue weighted by atomic mass is 79.9. The molecular weight excluding hydrogens is 361 g/mol. The van der Waals surface area contributed by atoms with Gasteiger partial charge in [0.1, 0.15) is 5.82 Å². The van der Waals surface area contributed by atoms with Crippen LogP contribution in [0.5, 0.6) is 0 Å². The van der Waals surface area contributed by atoms with Gasteiger partial charge in [-0.1, -0.05) is 39.7 Å². The Labute approximate surface area is 135 Å². The molecule has 2 rings (SSSR count). The molecule has 0 saturated heterocycles. The van der Waals surface area contributed by atoms with Gasteiger partial charge in [0, 0.05) is 15.1 Å². The molecule has 2 aromatic rings. The fraction of sp³-hybridized carbons (Fsp3) is 0.133. The van der Waals surface area contributed by atoms with Crippen molar-refractivity contribution in [1.29, 1.82) is 0 Å². The average Bonchev–Trinajstić information content (AvgIpc) is 2.48. The van der Waals surface area contributed by atoms with E-state index in [0.717, 1.165) is 0 Å². The Balaban J connectivity index is 2.42. The zero-order chi connectivity index (χ0) is 15.4. The molecule has 3 nitrogen and oxygen atoms in total. The van der Waals surface area contributed by atoms with Gasteiger partial charge in [0.25, 0.3) is 0 Å². The van der Waals surface area contributed by atoms with Gasteiger partial charge in [0.15, 0.2) is 6.04 Å². The number of hydrogen-bond acceptors (Lipinski definition) is 3. The summed E-state index contributed by atoms with van der Waals surface area (Å²) in [5.41, 5.74) is 0.775. The number of rotatable bonds is 4. The summed E-state index contributed by atoms with van der Waals surface area (Å²) in [5, 5.41) is 3.31. The van der Waals surface area contributed by atoms with Gasteiger partial charge < -0.3 is 10.1 Å². The number of hydrogen-bond donors (Lipinski definition) is 1. The molecule has 110 valence electrons. The van der Waals surface area contributed by atoms with E-state index in [9.17, 15) is 9.18 Å². The maximum absolute atomic E-state index is 13.8. The highest BCUT2D eigenvalue weighted by Crippen LogP contribution is 2.30. The lowest BCUT2D eigenvalue weighted by atomic mass is 10.1. The summed E-state index contributed by atoms with van der Waals surface area (Å²) in [6.45, 7) is 0. The summed E-state index contributed by atoms with van der Waals surface area (Å²) in [7, 11) is 1.27. The molecule has 0 aromatic heterocycles. The van der Waals surface area contributed by atoms with Gasteiger partial charge >= 0.3 is 5.97 Å². The minimum Gasteiger partial charge on any atom is -0.467 e. The van der Waals surface area contributed by atoms with Crippen molar-refractivity contribution < 1.29 is 13.9 Å². The van der Waals surface area contributed by atoms with Crippen molar-refractivity contribution in [2.75, 3.05) is 12.4 Å². The van der Waals surface area contributed by atoms with Crippen LogP contribution in [0.4, 0.5) is 10.1 Å². The molecule has 0 bridgehead atoms. The van der Waals surface area contributed by atoms with Crippen molar-refractivity contribution in [2.24, 2.45) is 0 Å². The predicted molar refractivity (Wildman–Crippen MR) is 83.9 cm³/mol. The van der Waals surface area contributed by atoms with Gasteiger partial charge in [-0.25, -0.2) is 9.18 Å². The van der Waals surface area contributed by atoms with Crippen LogP contribution in [-0.2, 0) is 9.53 Å². The highest BCUT2D eigenvalue weighted by Gasteiger charge is 2.24. The second-order valence-corrected chi connectivity index (χ2v) is 5.54. The molecule has 0 aliphatic carbocycles. The second-order valence-electron chi connectivity index (χ2n) is 4.25. The fourth-order valence-electron chi connectivity index (χ4n) is 1.85. The molecule has 21 heavy (non-hydrogen) atoms. The van der Waals surface area contributed by atoms with E-state index in [-0.39, 0.29) is 5.69 Å². The van der Waals surface area contributed by atoms with Gasteiger partial charge in [-0.15, -0.1) is 0 Å². The molecule has 0 saturated carbocycles. The van der Waals surface area contributed by atoms with Crippen molar-refractivity contribution in [1.82, 2.24) is 0 Å². The summed E-state index contributed by atoms with van der Waals surface area (Å²) < 4.78 is 19.2. The zero-order valence-electron chi connectivity index (χ0n) is 11.1. The lowest BCUT2D eigenvalue weighted by molar-refractivity contribution is -0.141. The Kier molecular flexibility index (Phi) is 5.20. The summed E-state index contributed by atoms with van der Waals surface area (Å²) in [6, 6.07) is 10.3. The third kappa shape index (κ3) is 3.74. The molecule has 1 atom stereocenters. The van der Waals surface area contributed by atoms with E-state index >= 15 is 0 Å². The normalized spacial score (nSPS) is 11.8. The summed E-state index contributed by atoms with van der Waals surface area (Å²) >= 11 is 9.33. The number of esters is 1. The first-order valence-electron chi connectivity index (χ1n) is 6.06. The molecule has 0 spiro atoms. The SMILES string of the molecule is COC(=O)C(Nc1ccccc1F)c1cc(Cl)ccc1Br. The van der Waals surface area contributed by atoms with E-state index in [1.54, 1.807) is 36.4 Å². The Morgan fingerprint density at radius 1 is 1.33 bits per heavy atom. The van der Waals surface area contributed by atoms with E-state index in [1.165, 1.54) is 13.2 Å². The maximum atomic E-state index is 13.8. The largest absolute Gasteiger partial charge is 0.467 e. The van der Waals surface area contributed by atoms with Crippen LogP contribution in [0.15, 0.2) is 46.9 Å². The average molecular weight is 373 g/mol. The molecule has 2 aromatic carbocycles. The molecule has 0 fully saturated rings. The summed E-state index contributed by atoms with van der Waals surface area (Å²) in [4.78, 5) is 12.0. The van der Waals surface area contributed by atoms with Crippen LogP contribution in [0.3, 0.4) is 0 Å². The van der Waals surface area contributed by atoms with Crippen LogP contribution < -0.4 is 5.32 Å². The molecule has 0 radical (unpaired) electrons. The minimum absolute atomic E-state index is 0.208. The Bertz CT molecular complexity index is 666. The first-order chi connectivity index (χ1) is 10.0. The van der Waals surface area contributed by atoms with Gasteiger partial charge in [-0.05, 0) is 30.3 Å². The Morgan fingerprint density at radius 2 is 2.05 bits per heavy atom. The monoisotopic (exact) mass is 371 g/mol. The lowest BCUT2D eigenvalue weighted by Crippen LogP contribution is -2.23. The molecule has 1 unspecified atom stereocenters. The number of carbonyl (C=O) groups is 1. The van der Waals surface area contributed by atoms with Crippen molar-refractivity contribution in [3.8, 4) is 0 Å². The second kappa shape index (κ2) is 6.91. The first kappa shape index (κ1) is 15.8. The number of benzene rings is 2. The smallest absolute Gasteiger partial charge is 0.333 e. The van der Waals surface area contributed by atoms with Crippen molar-refractivity contribution in [3.05, 3.63) is 63.3 Å². The lowest BCUT2D eigenvalue weighted by Gasteiger charge is -2.20. The van der Waals surface area contributed by atoms with Crippen LogP contribution in [0.25, 0.3) is 0 Å². The van der Waals surface area contributed by atoms with Gasteiger partial charge in [0.05, 0.1) is 12.8 Å². The van der Waals surface area contributed by atoms with E-state index in [4.69, 9.17) is 16.3 Å². The summed E-state index contributed by atoms with van der Waals surface area (Å²) in [5.74, 6) is -0.995. The summed E-state index contributed by atoms with van der Waals surface area (Å²) in [6.07, 6.45) is 0. The molecular formula is C15H12BrClFNO2. The van der Waals surface area contributed by atoms with E-state index in [1.807, 2.05) is 0 Å². The van der Waals surface area contributed by atoms with Crippen LogP contribution in [0, 0.1) is 5.82 Å². The number of anilines is 1. The molecule has 6 heteroatoms. The quantitative estimate of drug-likeness (QED) is 0.799. The third-order valence-electron chi connectivity index (χ3n) is 2.88. The van der Waals surface area contributed by atoms with Crippen molar-refractivity contribution >= 4 is 39.2 Å². The number of methoxy groups -OCH3 is 1. The van der Waals surface area contributed by atoms with Gasteiger partial charge in [-0.3, -0.25) is 0 Å². The molecule has 0 heterocycles. The third-order valence-corrected chi connectivity index (χ3v) is 3.84. The standard InChI is InChI=1S/C15H12BrClFNO2/c1-21-15(20)14(10-8-9(17)6-7-11(10)16)19-13-5-3-2-4-12(13)18/h2-8,14,19H,1H3. The topological polar surface area (TPSA) is 38.3 Å². The number of ether oxygens (including phenoxy) is 1. The van der Waals surface area contributed by atoms with Gasteiger partial charge in [-0.2, -0.15) is 0 Å². The fourth-order valence-corrected chi connectivity index (χ4v) is 2.51. The van der Waals surface area contributed by atoms with Crippen molar-refractivity contribution in [3.63, 3.8) is 0 Å². The molecule has 0 amide bonds. The van der Waals surface area contributed by atoms with Crippen molar-refractivity contribution in [2.45, 2.75) is 6.04 Å². The number of halogens is 3.